The number of rotatable bonds is 2. The summed E-state index contributed by atoms with van der Waals surface area (Å²) in [6.07, 6.45) is 0. The topological polar surface area (TPSA) is 50.4 Å². The third-order valence-corrected chi connectivity index (χ3v) is 3.42. The second-order valence-corrected chi connectivity index (χ2v) is 4.91. The first-order chi connectivity index (χ1) is 8.29. The first-order valence-electron chi connectivity index (χ1n) is 5.31. The summed E-state index contributed by atoms with van der Waals surface area (Å²) in [5.41, 5.74) is 2.56. The molecule has 0 aliphatic heterocycles. The van der Waals surface area contributed by atoms with Gasteiger partial charge in [-0.2, -0.15) is 5.10 Å². The Morgan fingerprint density at radius 2 is 2.06 bits per heavy atom. The summed E-state index contributed by atoms with van der Waals surface area (Å²) in [6.45, 7) is 1.87. The van der Waals surface area contributed by atoms with E-state index in [1.54, 1.807) is 4.52 Å². The Labute approximate surface area is 102 Å². The lowest BCUT2D eigenvalue weighted by molar-refractivity contribution is 0.275. The van der Waals surface area contributed by atoms with Gasteiger partial charge in [-0.05, 0) is 6.92 Å². The number of benzene rings is 1. The lowest BCUT2D eigenvalue weighted by Crippen LogP contribution is -1.95. The van der Waals surface area contributed by atoms with Crippen molar-refractivity contribution >= 4 is 16.3 Å². The molecule has 0 amide bonds. The van der Waals surface area contributed by atoms with Crippen LogP contribution in [-0.2, 0) is 6.61 Å². The van der Waals surface area contributed by atoms with Gasteiger partial charge < -0.3 is 5.11 Å². The van der Waals surface area contributed by atoms with Crippen LogP contribution in [0.5, 0.6) is 0 Å². The van der Waals surface area contributed by atoms with Gasteiger partial charge >= 0.3 is 0 Å². The minimum absolute atomic E-state index is 0.0609. The minimum atomic E-state index is -0.0609. The maximum atomic E-state index is 9.48. The van der Waals surface area contributed by atoms with E-state index in [9.17, 15) is 5.11 Å². The highest BCUT2D eigenvalue weighted by Crippen LogP contribution is 2.26. The van der Waals surface area contributed by atoms with Crippen LogP contribution in [0.15, 0.2) is 30.3 Å². The summed E-state index contributed by atoms with van der Waals surface area (Å²) in [5.74, 6) is 0. The molecule has 4 nitrogen and oxygen atoms in total. The van der Waals surface area contributed by atoms with Gasteiger partial charge in [-0.1, -0.05) is 41.7 Å². The number of hydrogen-bond donors (Lipinski definition) is 1. The maximum Gasteiger partial charge on any atom is 0.213 e. The van der Waals surface area contributed by atoms with Gasteiger partial charge in [-0.15, -0.1) is 0 Å². The van der Waals surface area contributed by atoms with Gasteiger partial charge in [0.15, 0.2) is 0 Å². The Kier molecular flexibility index (Phi) is 2.42. The molecule has 1 N–H and O–H groups in total. The van der Waals surface area contributed by atoms with Crippen molar-refractivity contribution < 1.29 is 5.11 Å². The molecule has 0 aliphatic rings. The minimum Gasteiger partial charge on any atom is -0.390 e. The van der Waals surface area contributed by atoms with E-state index in [0.29, 0.717) is 0 Å². The van der Waals surface area contributed by atoms with E-state index in [4.69, 9.17) is 0 Å². The summed E-state index contributed by atoms with van der Waals surface area (Å²) in [5, 5.41) is 14.8. The van der Waals surface area contributed by atoms with Crippen LogP contribution in [0, 0.1) is 6.92 Å². The average Bonchev–Trinajstić information content (AvgIpc) is 2.85. The Hall–Kier alpha value is -1.72. The molecule has 0 saturated carbocycles. The second-order valence-electron chi connectivity index (χ2n) is 3.75. The van der Waals surface area contributed by atoms with Crippen LogP contribution in [0.3, 0.4) is 0 Å². The lowest BCUT2D eigenvalue weighted by Gasteiger charge is -1.99. The zero-order valence-electron chi connectivity index (χ0n) is 9.29. The quantitative estimate of drug-likeness (QED) is 0.753. The second kappa shape index (κ2) is 3.94. The third kappa shape index (κ3) is 1.64. The maximum absolute atomic E-state index is 9.48. The van der Waals surface area contributed by atoms with Crippen molar-refractivity contribution in [3.63, 3.8) is 0 Å². The van der Waals surface area contributed by atoms with Crippen LogP contribution in [0.25, 0.3) is 16.2 Å². The van der Waals surface area contributed by atoms with Crippen molar-refractivity contribution in [1.29, 1.82) is 0 Å². The molecular weight excluding hydrogens is 234 g/mol. The van der Waals surface area contributed by atoms with Gasteiger partial charge in [0.05, 0.1) is 18.0 Å². The molecule has 5 heteroatoms. The van der Waals surface area contributed by atoms with E-state index in [1.807, 2.05) is 37.3 Å². The highest BCUT2D eigenvalue weighted by atomic mass is 32.1. The highest BCUT2D eigenvalue weighted by Gasteiger charge is 2.15. The van der Waals surface area contributed by atoms with Crippen molar-refractivity contribution in [2.45, 2.75) is 13.5 Å². The van der Waals surface area contributed by atoms with Gasteiger partial charge in [0.25, 0.3) is 0 Å². The summed E-state index contributed by atoms with van der Waals surface area (Å²) in [7, 11) is 0. The van der Waals surface area contributed by atoms with Crippen LogP contribution in [0.2, 0.25) is 0 Å². The highest BCUT2D eigenvalue weighted by molar-refractivity contribution is 7.16. The molecule has 0 fully saturated rings. The molecule has 3 rings (SSSR count). The standard InChI is InChI=1S/C12H11N3OS/c1-8-14-15-10(7-16)11(13-12(15)17-8)9-5-3-2-4-6-9/h2-6,16H,7H2,1H3. The summed E-state index contributed by atoms with van der Waals surface area (Å²) < 4.78 is 1.72. The molecule has 17 heavy (non-hydrogen) atoms. The third-order valence-electron chi connectivity index (χ3n) is 2.59. The Balaban J connectivity index is 2.26. The fourth-order valence-corrected chi connectivity index (χ4v) is 2.62. The Morgan fingerprint density at radius 1 is 1.29 bits per heavy atom. The molecule has 0 atom stereocenters. The number of fused-ring (bicyclic) bond motifs is 1. The first kappa shape index (κ1) is 10.4. The Bertz CT molecular complexity index is 657. The molecule has 0 spiro atoms. The van der Waals surface area contributed by atoms with Crippen LogP contribution in [0.1, 0.15) is 10.7 Å². The summed E-state index contributed by atoms with van der Waals surface area (Å²) >= 11 is 1.53. The lowest BCUT2D eigenvalue weighted by atomic mass is 10.1. The largest absolute Gasteiger partial charge is 0.390 e. The van der Waals surface area contributed by atoms with Gasteiger partial charge in [0, 0.05) is 5.56 Å². The van der Waals surface area contributed by atoms with E-state index in [2.05, 4.69) is 10.1 Å². The number of aryl methyl sites for hydroxylation is 1. The van der Waals surface area contributed by atoms with Crippen molar-refractivity contribution in [3.8, 4) is 11.3 Å². The molecular formula is C12H11N3OS. The van der Waals surface area contributed by atoms with Gasteiger partial charge in [0.1, 0.15) is 5.01 Å². The molecule has 0 unspecified atom stereocenters. The van der Waals surface area contributed by atoms with Crippen LogP contribution in [0.4, 0.5) is 0 Å². The predicted molar refractivity (Wildman–Crippen MR) is 67.0 cm³/mol. The molecule has 86 valence electrons. The fraction of sp³-hybridized carbons (Fsp3) is 0.167. The van der Waals surface area contributed by atoms with E-state index in [1.165, 1.54) is 11.3 Å². The zero-order valence-corrected chi connectivity index (χ0v) is 10.1. The van der Waals surface area contributed by atoms with Crippen molar-refractivity contribution in [2.75, 3.05) is 0 Å². The number of aliphatic hydroxyl groups excluding tert-OH is 1. The fourth-order valence-electron chi connectivity index (χ4n) is 1.85. The van der Waals surface area contributed by atoms with Gasteiger partial charge in [-0.25, -0.2) is 9.50 Å². The number of aromatic nitrogens is 3. The molecule has 2 heterocycles. The molecule has 0 aliphatic carbocycles. The molecule has 3 aromatic rings. The molecule has 1 aromatic carbocycles. The van der Waals surface area contributed by atoms with Gasteiger partial charge in [0.2, 0.25) is 4.96 Å². The molecule has 0 saturated heterocycles. The van der Waals surface area contributed by atoms with Crippen LogP contribution in [-0.4, -0.2) is 19.7 Å². The summed E-state index contributed by atoms with van der Waals surface area (Å²) in [6, 6.07) is 9.85. The SMILES string of the molecule is Cc1nn2c(CO)c(-c3ccccc3)nc2s1. The van der Waals surface area contributed by atoms with Crippen molar-refractivity contribution in [2.24, 2.45) is 0 Å². The number of hydrogen-bond acceptors (Lipinski definition) is 4. The monoisotopic (exact) mass is 245 g/mol. The van der Waals surface area contributed by atoms with Gasteiger partial charge in [-0.3, -0.25) is 0 Å². The predicted octanol–water partition coefficient (Wildman–Crippen LogP) is 2.26. The first-order valence-corrected chi connectivity index (χ1v) is 6.12. The zero-order chi connectivity index (χ0) is 11.8. The normalized spacial score (nSPS) is 11.2. The van der Waals surface area contributed by atoms with Crippen LogP contribution < -0.4 is 0 Å². The molecule has 0 radical (unpaired) electrons. The smallest absolute Gasteiger partial charge is 0.213 e. The molecule has 0 bridgehead atoms. The number of imidazole rings is 1. The number of aliphatic hydroxyl groups is 1. The number of nitrogens with zero attached hydrogens (tertiary/aromatic N) is 3. The van der Waals surface area contributed by atoms with E-state index >= 15 is 0 Å². The average molecular weight is 245 g/mol. The van der Waals surface area contributed by atoms with Crippen molar-refractivity contribution in [1.82, 2.24) is 14.6 Å². The van der Waals surface area contributed by atoms with Crippen molar-refractivity contribution in [3.05, 3.63) is 41.0 Å². The van der Waals surface area contributed by atoms with Crippen LogP contribution >= 0.6 is 11.3 Å². The van der Waals surface area contributed by atoms with E-state index in [-0.39, 0.29) is 6.61 Å². The summed E-state index contributed by atoms with van der Waals surface area (Å²) in [4.78, 5) is 5.36. The Morgan fingerprint density at radius 3 is 2.76 bits per heavy atom. The van der Waals surface area contributed by atoms with E-state index < -0.39 is 0 Å². The van der Waals surface area contributed by atoms with E-state index in [0.717, 1.165) is 26.9 Å². The molecule has 2 aromatic heterocycles.